The van der Waals surface area contributed by atoms with E-state index in [1.54, 1.807) is 11.8 Å². The topological polar surface area (TPSA) is 27.0 Å². The molecule has 1 aliphatic heterocycles. The summed E-state index contributed by atoms with van der Waals surface area (Å²) in [6.07, 6.45) is 0. The van der Waals surface area contributed by atoms with Crippen LogP contribution in [0.3, 0.4) is 0 Å². The molecule has 5 heteroatoms. The summed E-state index contributed by atoms with van der Waals surface area (Å²) in [4.78, 5) is 4.67. The summed E-state index contributed by atoms with van der Waals surface area (Å²) in [5.41, 5.74) is 4.04. The maximum absolute atomic E-state index is 9.54. The molecule has 4 aromatic rings. The van der Waals surface area contributed by atoms with E-state index in [9.17, 15) is 5.26 Å². The molecule has 0 saturated carbocycles. The summed E-state index contributed by atoms with van der Waals surface area (Å²) in [6.45, 7) is 0. The summed E-state index contributed by atoms with van der Waals surface area (Å²) in [5.74, 6) is 0. The van der Waals surface area contributed by atoms with Crippen molar-refractivity contribution in [1.82, 2.24) is 0 Å². The Morgan fingerprint density at radius 3 is 1.89 bits per heavy atom. The van der Waals surface area contributed by atoms with Crippen LogP contribution in [0.15, 0.2) is 91.5 Å². The molecule has 0 fully saturated rings. The molecule has 2 nitrogen and oxygen atoms in total. The van der Waals surface area contributed by atoms with E-state index in [0.29, 0.717) is 5.56 Å². The van der Waals surface area contributed by atoms with Gasteiger partial charge in [-0.15, -0.1) is 0 Å². The van der Waals surface area contributed by atoms with E-state index < -0.39 is 0 Å². The predicted octanol–water partition coefficient (Wildman–Crippen LogP) is 8.17. The lowest BCUT2D eigenvalue weighted by atomic mass is 10.0. The number of hydrogen-bond donors (Lipinski definition) is 0. The molecule has 0 bridgehead atoms. The number of nitrogens with zero attached hydrogens (tertiary/aromatic N) is 2. The molecule has 0 radical (unpaired) electrons. The second-order valence-corrected chi connectivity index (χ2v) is 9.37. The second kappa shape index (κ2) is 6.97. The normalized spacial score (nSPS) is 12.4. The van der Waals surface area contributed by atoms with Crippen LogP contribution in [0.1, 0.15) is 5.56 Å². The SMILES string of the molecule is N#Cc1ccc(N2c3ccc(Br)cc3Sc3cc(Br)ccc32)c2ccccc12. The van der Waals surface area contributed by atoms with Gasteiger partial charge in [-0.3, -0.25) is 0 Å². The Hall–Kier alpha value is -2.26. The maximum Gasteiger partial charge on any atom is 0.0998 e. The number of anilines is 3. The quantitative estimate of drug-likeness (QED) is 0.229. The number of rotatable bonds is 1. The van der Waals surface area contributed by atoms with Gasteiger partial charge < -0.3 is 4.90 Å². The van der Waals surface area contributed by atoms with Crippen molar-refractivity contribution < 1.29 is 0 Å². The average Bonchev–Trinajstić information content (AvgIpc) is 2.71. The first-order chi connectivity index (χ1) is 13.7. The van der Waals surface area contributed by atoms with Crippen LogP contribution in [0.5, 0.6) is 0 Å². The summed E-state index contributed by atoms with van der Waals surface area (Å²) in [7, 11) is 0. The van der Waals surface area contributed by atoms with Crippen LogP contribution < -0.4 is 4.90 Å². The lowest BCUT2D eigenvalue weighted by molar-refractivity contribution is 1.17. The minimum absolute atomic E-state index is 0.692. The zero-order valence-electron chi connectivity index (χ0n) is 14.5. The number of nitriles is 1. The molecule has 0 aliphatic carbocycles. The predicted molar refractivity (Wildman–Crippen MR) is 123 cm³/mol. The first kappa shape index (κ1) is 17.8. The van der Waals surface area contributed by atoms with Crippen LogP contribution in [0, 0.1) is 11.3 Å². The van der Waals surface area contributed by atoms with Gasteiger partial charge in [0.1, 0.15) is 0 Å². The minimum Gasteiger partial charge on any atom is -0.308 e. The van der Waals surface area contributed by atoms with Crippen LogP contribution in [0.2, 0.25) is 0 Å². The van der Waals surface area contributed by atoms with Crippen LogP contribution in [0.4, 0.5) is 17.1 Å². The minimum atomic E-state index is 0.692. The smallest absolute Gasteiger partial charge is 0.0998 e. The lowest BCUT2D eigenvalue weighted by Crippen LogP contribution is -2.15. The fourth-order valence-corrected chi connectivity index (χ4v) is 5.75. The molecule has 0 aromatic heterocycles. The Labute approximate surface area is 184 Å². The molecule has 0 atom stereocenters. The van der Waals surface area contributed by atoms with Gasteiger partial charge >= 0.3 is 0 Å². The van der Waals surface area contributed by atoms with E-state index in [1.165, 1.54) is 9.79 Å². The standard InChI is InChI=1S/C23H12Br2N2S/c24-15-6-9-20-22(11-15)28-23-12-16(25)7-10-21(23)27(20)19-8-5-14(13-26)17-3-1-2-4-18(17)19/h1-12H. The summed E-state index contributed by atoms with van der Waals surface area (Å²) >= 11 is 8.97. The summed E-state index contributed by atoms with van der Waals surface area (Å²) < 4.78 is 2.11. The van der Waals surface area contributed by atoms with E-state index >= 15 is 0 Å². The number of benzene rings is 4. The fourth-order valence-electron chi connectivity index (χ4n) is 3.59. The highest BCUT2D eigenvalue weighted by molar-refractivity contribution is 9.10. The van der Waals surface area contributed by atoms with E-state index in [0.717, 1.165) is 36.8 Å². The molecule has 0 unspecified atom stereocenters. The first-order valence-electron chi connectivity index (χ1n) is 8.64. The van der Waals surface area contributed by atoms with Gasteiger partial charge in [0.25, 0.3) is 0 Å². The van der Waals surface area contributed by atoms with Gasteiger partial charge in [-0.1, -0.05) is 67.9 Å². The van der Waals surface area contributed by atoms with Crippen molar-refractivity contribution in [2.24, 2.45) is 0 Å². The van der Waals surface area contributed by atoms with Crippen LogP contribution in [0.25, 0.3) is 10.8 Å². The third-order valence-electron chi connectivity index (χ3n) is 4.81. The van der Waals surface area contributed by atoms with E-state index in [4.69, 9.17) is 0 Å². The van der Waals surface area contributed by atoms with Crippen molar-refractivity contribution in [1.29, 1.82) is 5.26 Å². The largest absolute Gasteiger partial charge is 0.308 e. The molecule has 1 aliphatic rings. The Bertz CT molecular complexity index is 1240. The number of halogens is 2. The molecule has 0 spiro atoms. The third kappa shape index (κ3) is 2.84. The Balaban J connectivity index is 1.84. The number of hydrogen-bond acceptors (Lipinski definition) is 3. The van der Waals surface area contributed by atoms with Gasteiger partial charge in [-0.25, -0.2) is 0 Å². The third-order valence-corrected chi connectivity index (χ3v) is 6.89. The van der Waals surface area contributed by atoms with Gasteiger partial charge in [0, 0.05) is 29.5 Å². The first-order valence-corrected chi connectivity index (χ1v) is 11.0. The van der Waals surface area contributed by atoms with Crippen molar-refractivity contribution in [3.8, 4) is 6.07 Å². The van der Waals surface area contributed by atoms with Crippen molar-refractivity contribution in [2.75, 3.05) is 4.90 Å². The van der Waals surface area contributed by atoms with Crippen molar-refractivity contribution in [2.45, 2.75) is 9.79 Å². The zero-order valence-corrected chi connectivity index (χ0v) is 18.5. The molecule has 4 aromatic carbocycles. The van der Waals surface area contributed by atoms with Crippen molar-refractivity contribution >= 4 is 71.5 Å². The molecule has 28 heavy (non-hydrogen) atoms. The Morgan fingerprint density at radius 1 is 0.714 bits per heavy atom. The van der Waals surface area contributed by atoms with E-state index in [2.05, 4.69) is 91.4 Å². The van der Waals surface area contributed by atoms with Crippen molar-refractivity contribution in [3.05, 3.63) is 87.3 Å². The maximum atomic E-state index is 9.54. The Kier molecular flexibility index (Phi) is 4.43. The highest BCUT2D eigenvalue weighted by Crippen LogP contribution is 2.53. The van der Waals surface area contributed by atoms with E-state index in [1.807, 2.05) is 24.3 Å². The molecular formula is C23H12Br2N2S. The average molecular weight is 508 g/mol. The van der Waals surface area contributed by atoms with Crippen LogP contribution >= 0.6 is 43.6 Å². The summed E-state index contributed by atoms with van der Waals surface area (Å²) in [6, 6.07) is 27.1. The zero-order chi connectivity index (χ0) is 19.3. The Morgan fingerprint density at radius 2 is 1.29 bits per heavy atom. The van der Waals surface area contributed by atoms with Crippen LogP contribution in [-0.2, 0) is 0 Å². The molecule has 1 heterocycles. The second-order valence-electron chi connectivity index (χ2n) is 6.45. The van der Waals surface area contributed by atoms with Crippen LogP contribution in [-0.4, -0.2) is 0 Å². The van der Waals surface area contributed by atoms with Gasteiger partial charge in [0.15, 0.2) is 0 Å². The number of fused-ring (bicyclic) bond motifs is 3. The molecule has 0 N–H and O–H groups in total. The van der Waals surface area contributed by atoms with Crippen molar-refractivity contribution in [3.63, 3.8) is 0 Å². The van der Waals surface area contributed by atoms with Gasteiger partial charge in [0.2, 0.25) is 0 Å². The molecule has 5 rings (SSSR count). The summed E-state index contributed by atoms with van der Waals surface area (Å²) in [5, 5.41) is 11.6. The van der Waals surface area contributed by atoms with E-state index in [-0.39, 0.29) is 0 Å². The highest BCUT2D eigenvalue weighted by Gasteiger charge is 2.26. The lowest BCUT2D eigenvalue weighted by Gasteiger charge is -2.34. The molecule has 134 valence electrons. The molecular weight excluding hydrogens is 496 g/mol. The molecule has 0 saturated heterocycles. The van der Waals surface area contributed by atoms with Gasteiger partial charge in [-0.05, 0) is 48.5 Å². The molecule has 0 amide bonds. The fraction of sp³-hybridized carbons (Fsp3) is 0. The monoisotopic (exact) mass is 506 g/mol. The van der Waals surface area contributed by atoms with Gasteiger partial charge in [0.05, 0.1) is 28.7 Å². The highest BCUT2D eigenvalue weighted by atomic mass is 79.9. The van der Waals surface area contributed by atoms with Gasteiger partial charge in [-0.2, -0.15) is 5.26 Å².